The molecule has 3 nitrogen and oxygen atoms in total. The van der Waals surface area contributed by atoms with Crippen molar-refractivity contribution in [1.82, 2.24) is 0 Å². The van der Waals surface area contributed by atoms with Crippen LogP contribution in [0.25, 0.3) is 0 Å². The van der Waals surface area contributed by atoms with Crippen LogP contribution in [-0.2, 0) is 21.6 Å². The lowest BCUT2D eigenvalue weighted by Gasteiger charge is -2.38. The van der Waals surface area contributed by atoms with Crippen LogP contribution >= 0.6 is 0 Å². The van der Waals surface area contributed by atoms with Crippen molar-refractivity contribution in [3.63, 3.8) is 0 Å². The highest BCUT2D eigenvalue weighted by Crippen LogP contribution is 2.45. The number of rotatable bonds is 4. The number of carboxylic acid groups (broad SMARTS) is 1. The summed E-state index contributed by atoms with van der Waals surface area (Å²) in [6, 6.07) is 4.56. The van der Waals surface area contributed by atoms with Gasteiger partial charge in [0.25, 0.3) is 0 Å². The number of hydrogen-bond donors (Lipinski definition) is 1. The zero-order valence-electron chi connectivity index (χ0n) is 9.70. The van der Waals surface area contributed by atoms with Gasteiger partial charge in [0.1, 0.15) is 5.82 Å². The number of carbonyl (C=O) groups is 1. The Bertz CT molecular complexity index is 438. The van der Waals surface area contributed by atoms with E-state index in [9.17, 15) is 14.3 Å². The third kappa shape index (κ3) is 1.93. The fourth-order valence-corrected chi connectivity index (χ4v) is 2.32. The minimum Gasteiger partial charge on any atom is -0.481 e. The van der Waals surface area contributed by atoms with Crippen molar-refractivity contribution in [2.24, 2.45) is 0 Å². The van der Waals surface area contributed by atoms with E-state index >= 15 is 0 Å². The lowest BCUT2D eigenvalue weighted by molar-refractivity contribution is -0.147. The second-order valence-electron chi connectivity index (χ2n) is 4.49. The fourth-order valence-electron chi connectivity index (χ4n) is 2.32. The molecular weight excluding hydrogens is 223 g/mol. The van der Waals surface area contributed by atoms with E-state index in [4.69, 9.17) is 4.74 Å². The number of aliphatic carboxylic acids is 1. The molecule has 0 aromatic heterocycles. The van der Waals surface area contributed by atoms with Crippen LogP contribution < -0.4 is 0 Å². The lowest BCUT2D eigenvalue weighted by atomic mass is 9.64. The molecule has 0 spiro atoms. The molecule has 92 valence electrons. The summed E-state index contributed by atoms with van der Waals surface area (Å²) in [4.78, 5) is 11.3. The molecule has 0 atom stereocenters. The first-order chi connectivity index (χ1) is 8.10. The van der Waals surface area contributed by atoms with Crippen molar-refractivity contribution in [1.29, 1.82) is 0 Å². The van der Waals surface area contributed by atoms with Crippen LogP contribution in [0.2, 0.25) is 0 Å². The van der Waals surface area contributed by atoms with E-state index in [0.29, 0.717) is 25.0 Å². The maximum Gasteiger partial charge on any atom is 0.314 e. The van der Waals surface area contributed by atoms with Crippen LogP contribution in [0.4, 0.5) is 4.39 Å². The standard InChI is InChI=1S/C13H15FO3/c1-17-8-9-3-4-11(14)10(7-9)13(12(15)16)5-2-6-13/h3-4,7H,2,5-6,8H2,1H3,(H,15,16). The molecule has 0 bridgehead atoms. The maximum absolute atomic E-state index is 13.8. The highest BCUT2D eigenvalue weighted by Gasteiger charge is 2.47. The Morgan fingerprint density at radius 3 is 2.71 bits per heavy atom. The van der Waals surface area contributed by atoms with E-state index in [-0.39, 0.29) is 0 Å². The SMILES string of the molecule is COCc1ccc(F)c(C2(C(=O)O)CCC2)c1. The van der Waals surface area contributed by atoms with Crippen molar-refractivity contribution in [2.75, 3.05) is 7.11 Å². The zero-order chi connectivity index (χ0) is 12.5. The van der Waals surface area contributed by atoms with Crippen molar-refractivity contribution >= 4 is 5.97 Å². The Hall–Kier alpha value is -1.42. The molecule has 0 aliphatic heterocycles. The van der Waals surface area contributed by atoms with E-state index in [1.807, 2.05) is 0 Å². The Kier molecular flexibility index (Phi) is 3.15. The fraction of sp³-hybridized carbons (Fsp3) is 0.462. The Morgan fingerprint density at radius 1 is 1.53 bits per heavy atom. The van der Waals surface area contributed by atoms with Gasteiger partial charge in [0.2, 0.25) is 0 Å². The molecule has 1 aliphatic carbocycles. The molecule has 1 fully saturated rings. The third-order valence-electron chi connectivity index (χ3n) is 3.47. The number of carboxylic acids is 1. The molecule has 1 saturated carbocycles. The monoisotopic (exact) mass is 238 g/mol. The third-order valence-corrected chi connectivity index (χ3v) is 3.47. The average molecular weight is 238 g/mol. The van der Waals surface area contributed by atoms with E-state index < -0.39 is 17.2 Å². The molecule has 2 rings (SSSR count). The number of halogens is 1. The van der Waals surface area contributed by atoms with Gasteiger partial charge in [0, 0.05) is 12.7 Å². The van der Waals surface area contributed by atoms with Crippen LogP contribution in [0.3, 0.4) is 0 Å². The van der Waals surface area contributed by atoms with Crippen LogP contribution in [0.5, 0.6) is 0 Å². The van der Waals surface area contributed by atoms with Gasteiger partial charge in [0.05, 0.1) is 12.0 Å². The summed E-state index contributed by atoms with van der Waals surface area (Å²) in [5.41, 5.74) is 0.0793. The van der Waals surface area contributed by atoms with Gasteiger partial charge in [-0.15, -0.1) is 0 Å². The van der Waals surface area contributed by atoms with Crippen LogP contribution in [0.1, 0.15) is 30.4 Å². The van der Waals surface area contributed by atoms with Gasteiger partial charge in [-0.25, -0.2) is 4.39 Å². The van der Waals surface area contributed by atoms with E-state index in [1.165, 1.54) is 6.07 Å². The molecule has 1 aromatic carbocycles. The van der Waals surface area contributed by atoms with Gasteiger partial charge in [-0.2, -0.15) is 0 Å². The molecule has 0 unspecified atom stereocenters. The summed E-state index contributed by atoms with van der Waals surface area (Å²) in [6.07, 6.45) is 1.85. The topological polar surface area (TPSA) is 46.5 Å². The summed E-state index contributed by atoms with van der Waals surface area (Å²) in [7, 11) is 1.55. The molecule has 0 heterocycles. The van der Waals surface area contributed by atoms with Crippen LogP contribution in [0, 0.1) is 5.82 Å². The van der Waals surface area contributed by atoms with Crippen molar-refractivity contribution in [3.8, 4) is 0 Å². The zero-order valence-corrected chi connectivity index (χ0v) is 9.70. The Morgan fingerprint density at radius 2 is 2.24 bits per heavy atom. The lowest BCUT2D eigenvalue weighted by Crippen LogP contribution is -2.43. The smallest absolute Gasteiger partial charge is 0.314 e. The Balaban J connectivity index is 2.42. The van der Waals surface area contributed by atoms with E-state index in [2.05, 4.69) is 0 Å². The van der Waals surface area contributed by atoms with Gasteiger partial charge in [-0.1, -0.05) is 12.5 Å². The van der Waals surface area contributed by atoms with Crippen molar-refractivity contribution in [3.05, 3.63) is 35.1 Å². The van der Waals surface area contributed by atoms with Gasteiger partial charge >= 0.3 is 5.97 Å². The van der Waals surface area contributed by atoms with E-state index in [0.717, 1.165) is 12.0 Å². The van der Waals surface area contributed by atoms with Gasteiger partial charge in [-0.3, -0.25) is 4.79 Å². The first-order valence-electron chi connectivity index (χ1n) is 5.61. The first kappa shape index (κ1) is 12.0. The van der Waals surface area contributed by atoms with Gasteiger partial charge < -0.3 is 9.84 Å². The summed E-state index contributed by atoms with van der Waals surface area (Å²) in [5, 5.41) is 9.28. The summed E-state index contributed by atoms with van der Waals surface area (Å²) in [5.74, 6) is -1.37. The molecule has 0 radical (unpaired) electrons. The quantitative estimate of drug-likeness (QED) is 0.876. The van der Waals surface area contributed by atoms with Crippen molar-refractivity contribution in [2.45, 2.75) is 31.3 Å². The molecule has 1 aromatic rings. The molecular formula is C13H15FO3. The number of ether oxygens (including phenoxy) is 1. The number of methoxy groups -OCH3 is 1. The minimum absolute atomic E-state index is 0.297. The summed E-state index contributed by atoms with van der Waals surface area (Å²) >= 11 is 0. The number of hydrogen-bond acceptors (Lipinski definition) is 2. The van der Waals surface area contributed by atoms with Crippen molar-refractivity contribution < 1.29 is 19.0 Å². The normalized spacial score (nSPS) is 17.5. The summed E-state index contributed by atoms with van der Waals surface area (Å²) in [6.45, 7) is 0.364. The van der Waals surface area contributed by atoms with E-state index in [1.54, 1.807) is 19.2 Å². The molecule has 0 saturated heterocycles. The molecule has 0 amide bonds. The average Bonchev–Trinajstić information content (AvgIpc) is 2.21. The highest BCUT2D eigenvalue weighted by atomic mass is 19.1. The van der Waals surface area contributed by atoms with Crippen LogP contribution in [0.15, 0.2) is 18.2 Å². The second kappa shape index (κ2) is 4.45. The second-order valence-corrected chi connectivity index (χ2v) is 4.49. The van der Waals surface area contributed by atoms with Gasteiger partial charge in [-0.05, 0) is 30.5 Å². The summed E-state index contributed by atoms with van der Waals surface area (Å²) < 4.78 is 18.8. The largest absolute Gasteiger partial charge is 0.481 e. The molecule has 17 heavy (non-hydrogen) atoms. The van der Waals surface area contributed by atoms with Gasteiger partial charge in [0.15, 0.2) is 0 Å². The Labute approximate surface area is 99.2 Å². The highest BCUT2D eigenvalue weighted by molar-refractivity contribution is 5.82. The van der Waals surface area contributed by atoms with Crippen LogP contribution in [-0.4, -0.2) is 18.2 Å². The first-order valence-corrected chi connectivity index (χ1v) is 5.61. The maximum atomic E-state index is 13.8. The minimum atomic E-state index is -1.02. The predicted octanol–water partition coefficient (Wildman–Crippen LogP) is 2.48. The molecule has 1 aliphatic rings. The molecule has 1 N–H and O–H groups in total. The predicted molar refractivity (Wildman–Crippen MR) is 60.3 cm³/mol. The number of benzene rings is 1. The molecule has 4 heteroatoms.